The molecule has 1 saturated carbocycles. The van der Waals surface area contributed by atoms with Gasteiger partial charge < -0.3 is 5.32 Å². The molecule has 0 atom stereocenters. The van der Waals surface area contributed by atoms with Crippen molar-refractivity contribution in [3.63, 3.8) is 0 Å². The lowest BCUT2D eigenvalue weighted by Gasteiger charge is -2.25. The van der Waals surface area contributed by atoms with Crippen LogP contribution in [0, 0.1) is 5.92 Å². The summed E-state index contributed by atoms with van der Waals surface area (Å²) in [4.78, 5) is 4.29. The molecule has 0 saturated heterocycles. The highest BCUT2D eigenvalue weighted by Crippen LogP contribution is 2.25. The molecule has 0 aliphatic heterocycles. The Balaban J connectivity index is 1.99. The molecule has 2 N–H and O–H groups in total. The van der Waals surface area contributed by atoms with Gasteiger partial charge in [-0.05, 0) is 37.8 Å². The molecule has 0 spiro atoms. The maximum absolute atomic E-state index is 12.0. The highest BCUT2D eigenvalue weighted by atomic mass is 32.2. The minimum absolute atomic E-state index is 0.225. The zero-order valence-corrected chi connectivity index (χ0v) is 11.3. The van der Waals surface area contributed by atoms with Crippen molar-refractivity contribution in [3.05, 3.63) is 18.3 Å². The maximum Gasteiger partial charge on any atom is 0.242 e. The van der Waals surface area contributed by atoms with Gasteiger partial charge in [0, 0.05) is 19.3 Å². The van der Waals surface area contributed by atoms with Gasteiger partial charge in [0.25, 0.3) is 0 Å². The van der Waals surface area contributed by atoms with Crippen LogP contribution >= 0.6 is 0 Å². The van der Waals surface area contributed by atoms with Gasteiger partial charge in [-0.2, -0.15) is 0 Å². The van der Waals surface area contributed by atoms with Gasteiger partial charge in [0.2, 0.25) is 10.0 Å². The summed E-state index contributed by atoms with van der Waals surface area (Å²) in [7, 11) is -3.40. The summed E-state index contributed by atoms with van der Waals surface area (Å²) in [6.45, 7) is 3.27. The van der Waals surface area contributed by atoms with Crippen molar-refractivity contribution in [3.8, 4) is 0 Å². The quantitative estimate of drug-likeness (QED) is 0.822. The van der Waals surface area contributed by atoms with Crippen molar-refractivity contribution >= 4 is 15.8 Å². The summed E-state index contributed by atoms with van der Waals surface area (Å²) in [5.41, 5.74) is 0. The number of pyridine rings is 1. The van der Waals surface area contributed by atoms with Gasteiger partial charge >= 0.3 is 0 Å². The van der Waals surface area contributed by atoms with Crippen LogP contribution in [0.1, 0.15) is 26.2 Å². The first kappa shape index (κ1) is 13.3. The summed E-state index contributed by atoms with van der Waals surface area (Å²) in [6, 6.07) is 3.26. The van der Waals surface area contributed by atoms with Crippen LogP contribution < -0.4 is 10.0 Å². The Bertz CT molecular complexity index is 481. The molecule has 5 nitrogen and oxygen atoms in total. The standard InChI is InChI=1S/C12H19N3O2S/c1-2-13-12-7-6-11(9-14-12)18(16,17)15-8-10-4-3-5-10/h6-7,9-10,15H,2-5,8H2,1H3,(H,13,14). The molecule has 1 aromatic heterocycles. The van der Waals surface area contributed by atoms with Crippen LogP contribution in [0.3, 0.4) is 0 Å². The Morgan fingerprint density at radius 3 is 2.67 bits per heavy atom. The summed E-state index contributed by atoms with van der Waals surface area (Å²) >= 11 is 0. The molecule has 2 rings (SSSR count). The minimum atomic E-state index is -3.40. The van der Waals surface area contributed by atoms with E-state index in [1.54, 1.807) is 12.1 Å². The molecule has 0 amide bonds. The number of anilines is 1. The second kappa shape index (κ2) is 5.67. The molecule has 1 fully saturated rings. The van der Waals surface area contributed by atoms with Gasteiger partial charge in [0.15, 0.2) is 0 Å². The number of sulfonamides is 1. The third-order valence-corrected chi connectivity index (χ3v) is 4.60. The van der Waals surface area contributed by atoms with E-state index in [9.17, 15) is 8.42 Å². The second-order valence-corrected chi connectivity index (χ2v) is 6.33. The predicted molar refractivity (Wildman–Crippen MR) is 70.9 cm³/mol. The second-order valence-electron chi connectivity index (χ2n) is 4.56. The Labute approximate surface area is 108 Å². The number of nitrogens with zero attached hydrogens (tertiary/aromatic N) is 1. The molecule has 0 unspecified atom stereocenters. The van der Waals surface area contributed by atoms with E-state index in [4.69, 9.17) is 0 Å². The average Bonchev–Trinajstić information content (AvgIpc) is 2.28. The van der Waals surface area contributed by atoms with Crippen molar-refractivity contribution in [2.45, 2.75) is 31.1 Å². The fourth-order valence-electron chi connectivity index (χ4n) is 1.83. The first-order valence-corrected chi connectivity index (χ1v) is 7.79. The number of hydrogen-bond acceptors (Lipinski definition) is 4. The van der Waals surface area contributed by atoms with Gasteiger partial charge in [-0.15, -0.1) is 0 Å². The normalized spacial score (nSPS) is 16.3. The molecular formula is C12H19N3O2S. The summed E-state index contributed by atoms with van der Waals surface area (Å²) in [6.07, 6.45) is 4.85. The van der Waals surface area contributed by atoms with Crippen LogP contribution in [0.5, 0.6) is 0 Å². The smallest absolute Gasteiger partial charge is 0.242 e. The average molecular weight is 269 g/mol. The number of aromatic nitrogens is 1. The van der Waals surface area contributed by atoms with Gasteiger partial charge in [-0.25, -0.2) is 18.1 Å². The Hall–Kier alpha value is -1.14. The van der Waals surface area contributed by atoms with Gasteiger partial charge in [0.05, 0.1) is 0 Å². The predicted octanol–water partition coefficient (Wildman–Crippen LogP) is 1.59. The summed E-state index contributed by atoms with van der Waals surface area (Å²) in [5, 5.41) is 3.03. The lowest BCUT2D eigenvalue weighted by Crippen LogP contribution is -2.32. The molecule has 100 valence electrons. The molecule has 0 radical (unpaired) electrons. The SMILES string of the molecule is CCNc1ccc(S(=O)(=O)NCC2CCC2)cn1. The lowest BCUT2D eigenvalue weighted by atomic mass is 9.86. The van der Waals surface area contributed by atoms with E-state index in [0.29, 0.717) is 18.3 Å². The minimum Gasteiger partial charge on any atom is -0.370 e. The van der Waals surface area contributed by atoms with Crippen LogP contribution in [-0.2, 0) is 10.0 Å². The van der Waals surface area contributed by atoms with E-state index < -0.39 is 10.0 Å². The molecular weight excluding hydrogens is 250 g/mol. The third kappa shape index (κ3) is 3.20. The molecule has 1 heterocycles. The van der Waals surface area contributed by atoms with Crippen molar-refractivity contribution in [1.29, 1.82) is 0 Å². The Kier molecular flexibility index (Phi) is 4.19. The fraction of sp³-hybridized carbons (Fsp3) is 0.583. The van der Waals surface area contributed by atoms with E-state index in [1.807, 2.05) is 6.92 Å². The maximum atomic E-state index is 12.0. The molecule has 6 heteroatoms. The highest BCUT2D eigenvalue weighted by Gasteiger charge is 2.21. The number of nitrogens with one attached hydrogen (secondary N) is 2. The molecule has 1 aliphatic rings. The molecule has 18 heavy (non-hydrogen) atoms. The lowest BCUT2D eigenvalue weighted by molar-refractivity contribution is 0.316. The molecule has 1 aliphatic carbocycles. The summed E-state index contributed by atoms with van der Waals surface area (Å²) in [5.74, 6) is 1.20. The third-order valence-electron chi connectivity index (χ3n) is 3.19. The van der Waals surface area contributed by atoms with E-state index in [1.165, 1.54) is 12.6 Å². The van der Waals surface area contributed by atoms with Crippen molar-refractivity contribution in [1.82, 2.24) is 9.71 Å². The first-order valence-electron chi connectivity index (χ1n) is 6.31. The molecule has 0 bridgehead atoms. The van der Waals surface area contributed by atoms with Crippen molar-refractivity contribution in [2.75, 3.05) is 18.4 Å². The molecule has 0 aromatic carbocycles. The van der Waals surface area contributed by atoms with Crippen LogP contribution in [0.2, 0.25) is 0 Å². The van der Waals surface area contributed by atoms with E-state index in [0.717, 1.165) is 19.4 Å². The van der Waals surface area contributed by atoms with Gasteiger partial charge in [-0.1, -0.05) is 6.42 Å². The van der Waals surface area contributed by atoms with Gasteiger partial charge in [-0.3, -0.25) is 0 Å². The first-order chi connectivity index (χ1) is 8.62. The van der Waals surface area contributed by atoms with Crippen LogP contribution in [0.15, 0.2) is 23.2 Å². The summed E-state index contributed by atoms with van der Waals surface area (Å²) < 4.78 is 26.6. The van der Waals surface area contributed by atoms with E-state index in [-0.39, 0.29) is 4.90 Å². The number of hydrogen-bond donors (Lipinski definition) is 2. The largest absolute Gasteiger partial charge is 0.370 e. The van der Waals surface area contributed by atoms with E-state index >= 15 is 0 Å². The van der Waals surface area contributed by atoms with Crippen LogP contribution in [-0.4, -0.2) is 26.5 Å². The van der Waals surface area contributed by atoms with Crippen LogP contribution in [0.4, 0.5) is 5.82 Å². The highest BCUT2D eigenvalue weighted by molar-refractivity contribution is 7.89. The Morgan fingerprint density at radius 2 is 2.17 bits per heavy atom. The zero-order chi connectivity index (χ0) is 13.0. The van der Waals surface area contributed by atoms with Crippen LogP contribution in [0.25, 0.3) is 0 Å². The number of rotatable bonds is 6. The fourth-order valence-corrected chi connectivity index (χ4v) is 2.89. The van der Waals surface area contributed by atoms with Gasteiger partial charge in [0.1, 0.15) is 10.7 Å². The van der Waals surface area contributed by atoms with Crippen molar-refractivity contribution in [2.24, 2.45) is 5.92 Å². The monoisotopic (exact) mass is 269 g/mol. The molecule has 1 aromatic rings. The topological polar surface area (TPSA) is 71.1 Å². The van der Waals surface area contributed by atoms with E-state index in [2.05, 4.69) is 15.0 Å². The zero-order valence-electron chi connectivity index (χ0n) is 10.5. The Morgan fingerprint density at radius 1 is 1.39 bits per heavy atom. The van der Waals surface area contributed by atoms with Crippen molar-refractivity contribution < 1.29 is 8.42 Å².